The summed E-state index contributed by atoms with van der Waals surface area (Å²) in [4.78, 5) is 4.16. The Morgan fingerprint density at radius 3 is 2.44 bits per heavy atom. The van der Waals surface area contributed by atoms with Crippen LogP contribution < -0.4 is 20.1 Å². The zero-order chi connectivity index (χ0) is 17.4. The number of aliphatic imine (C=N–C) groups is 1. The summed E-state index contributed by atoms with van der Waals surface area (Å²) in [5, 5.41) is 6.33. The van der Waals surface area contributed by atoms with Crippen molar-refractivity contribution in [3.05, 3.63) is 53.8 Å². The largest absolute Gasteiger partial charge is 0.493 e. The lowest BCUT2D eigenvalue weighted by Gasteiger charge is -2.14. The molecule has 5 nitrogen and oxygen atoms in total. The summed E-state index contributed by atoms with van der Waals surface area (Å²) in [7, 11) is 4.86. The summed E-state index contributed by atoms with van der Waals surface area (Å²) in [6.45, 7) is 0.563. The van der Waals surface area contributed by atoms with Gasteiger partial charge in [-0.15, -0.1) is 24.0 Å². The fourth-order valence-corrected chi connectivity index (χ4v) is 2.25. The van der Waals surface area contributed by atoms with Crippen LogP contribution >= 0.6 is 24.0 Å². The molecule has 136 valence electrons. The second kappa shape index (κ2) is 10.8. The number of halogens is 2. The first-order valence-corrected chi connectivity index (χ1v) is 7.61. The van der Waals surface area contributed by atoms with Crippen LogP contribution in [0.1, 0.15) is 5.56 Å². The predicted molar refractivity (Wildman–Crippen MR) is 110 cm³/mol. The van der Waals surface area contributed by atoms with E-state index in [1.807, 2.05) is 24.3 Å². The Kier molecular flexibility index (Phi) is 9.04. The van der Waals surface area contributed by atoms with Crippen molar-refractivity contribution < 1.29 is 13.9 Å². The average Bonchev–Trinajstić information content (AvgIpc) is 2.62. The minimum atomic E-state index is -0.192. The Hall–Kier alpha value is -2.03. The molecule has 0 aromatic heterocycles. The molecule has 2 aromatic carbocycles. The number of ether oxygens (including phenoxy) is 2. The molecule has 0 amide bonds. The number of nitrogens with zero attached hydrogens (tertiary/aromatic N) is 1. The van der Waals surface area contributed by atoms with Crippen LogP contribution in [-0.4, -0.2) is 33.8 Å². The average molecular weight is 459 g/mol. The maximum absolute atomic E-state index is 13.6. The second-order valence-electron chi connectivity index (χ2n) is 5.04. The number of methoxy groups -OCH3 is 2. The highest BCUT2D eigenvalue weighted by molar-refractivity contribution is 14.0. The van der Waals surface area contributed by atoms with E-state index in [-0.39, 0.29) is 29.8 Å². The van der Waals surface area contributed by atoms with Crippen molar-refractivity contribution in [1.29, 1.82) is 0 Å². The minimum Gasteiger partial charge on any atom is -0.493 e. The van der Waals surface area contributed by atoms with E-state index in [1.54, 1.807) is 33.4 Å². The summed E-state index contributed by atoms with van der Waals surface area (Å²) in [6.07, 6.45) is 0.569. The molecule has 0 saturated carbocycles. The van der Waals surface area contributed by atoms with E-state index in [2.05, 4.69) is 15.6 Å². The molecule has 0 heterocycles. The molecule has 0 atom stereocenters. The van der Waals surface area contributed by atoms with E-state index in [0.717, 1.165) is 5.69 Å². The summed E-state index contributed by atoms with van der Waals surface area (Å²) < 4.78 is 24.1. The third-order valence-electron chi connectivity index (χ3n) is 3.51. The van der Waals surface area contributed by atoms with Crippen molar-refractivity contribution in [3.8, 4) is 11.5 Å². The number of nitrogens with one attached hydrogen (secondary N) is 2. The van der Waals surface area contributed by atoms with Crippen molar-refractivity contribution >= 4 is 35.6 Å². The van der Waals surface area contributed by atoms with Crippen LogP contribution in [0, 0.1) is 5.82 Å². The molecule has 0 bridgehead atoms. The first-order chi connectivity index (χ1) is 11.7. The standard InChI is InChI=1S/C18H22FN3O2.HI/c1-20-18(21-11-10-13-6-4-5-7-15(13)19)22-14-8-9-16(23-2)17(12-14)24-3;/h4-9,12H,10-11H2,1-3H3,(H2,20,21,22);1H. The highest BCUT2D eigenvalue weighted by Crippen LogP contribution is 2.29. The third kappa shape index (κ3) is 6.08. The van der Waals surface area contributed by atoms with E-state index < -0.39 is 0 Å². The number of benzene rings is 2. The maximum atomic E-state index is 13.6. The molecule has 0 aliphatic rings. The van der Waals surface area contributed by atoms with Gasteiger partial charge in [0, 0.05) is 25.3 Å². The summed E-state index contributed by atoms with van der Waals surface area (Å²) in [5.74, 6) is 1.69. The molecule has 0 saturated heterocycles. The van der Waals surface area contributed by atoms with Gasteiger partial charge in [-0.2, -0.15) is 0 Å². The van der Waals surface area contributed by atoms with Gasteiger partial charge >= 0.3 is 0 Å². The molecule has 2 aromatic rings. The van der Waals surface area contributed by atoms with Gasteiger partial charge in [-0.3, -0.25) is 4.99 Å². The number of anilines is 1. The highest BCUT2D eigenvalue weighted by Gasteiger charge is 2.06. The number of hydrogen-bond donors (Lipinski definition) is 2. The van der Waals surface area contributed by atoms with Crippen LogP contribution in [0.15, 0.2) is 47.5 Å². The quantitative estimate of drug-likeness (QED) is 0.393. The van der Waals surface area contributed by atoms with Crippen LogP contribution in [0.25, 0.3) is 0 Å². The van der Waals surface area contributed by atoms with Gasteiger partial charge in [0.05, 0.1) is 14.2 Å². The van der Waals surface area contributed by atoms with Crippen LogP contribution in [0.3, 0.4) is 0 Å². The summed E-state index contributed by atoms with van der Waals surface area (Å²) >= 11 is 0. The highest BCUT2D eigenvalue weighted by atomic mass is 127. The molecular formula is C18H23FIN3O2. The molecule has 7 heteroatoms. The molecule has 0 unspecified atom stereocenters. The zero-order valence-corrected chi connectivity index (χ0v) is 16.8. The number of guanidine groups is 1. The van der Waals surface area contributed by atoms with Gasteiger partial charge in [-0.05, 0) is 30.2 Å². The van der Waals surface area contributed by atoms with Crippen LogP contribution in [-0.2, 0) is 6.42 Å². The maximum Gasteiger partial charge on any atom is 0.195 e. The zero-order valence-electron chi connectivity index (χ0n) is 14.5. The molecule has 25 heavy (non-hydrogen) atoms. The monoisotopic (exact) mass is 459 g/mol. The fraction of sp³-hybridized carbons (Fsp3) is 0.278. The van der Waals surface area contributed by atoms with Crippen LogP contribution in [0.4, 0.5) is 10.1 Å². The molecule has 0 fully saturated rings. The summed E-state index contributed by atoms with van der Waals surface area (Å²) in [6, 6.07) is 12.3. The second-order valence-corrected chi connectivity index (χ2v) is 5.04. The van der Waals surface area contributed by atoms with Gasteiger partial charge in [0.25, 0.3) is 0 Å². The Balaban J connectivity index is 0.00000312. The molecule has 2 rings (SSSR count). The van der Waals surface area contributed by atoms with Gasteiger partial charge in [0.1, 0.15) is 5.82 Å². The molecule has 0 spiro atoms. The van der Waals surface area contributed by atoms with Crippen molar-refractivity contribution in [3.63, 3.8) is 0 Å². The van der Waals surface area contributed by atoms with Gasteiger partial charge in [0.15, 0.2) is 17.5 Å². The van der Waals surface area contributed by atoms with E-state index >= 15 is 0 Å². The van der Waals surface area contributed by atoms with Crippen LogP contribution in [0.2, 0.25) is 0 Å². The van der Waals surface area contributed by atoms with Crippen molar-refractivity contribution in [2.24, 2.45) is 4.99 Å². The van der Waals surface area contributed by atoms with E-state index in [0.29, 0.717) is 36.0 Å². The minimum absolute atomic E-state index is 0. The topological polar surface area (TPSA) is 54.9 Å². The molecule has 0 radical (unpaired) electrons. The van der Waals surface area contributed by atoms with E-state index in [4.69, 9.17) is 9.47 Å². The van der Waals surface area contributed by atoms with Gasteiger partial charge in [-0.1, -0.05) is 18.2 Å². The Bertz CT molecular complexity index is 710. The lowest BCUT2D eigenvalue weighted by atomic mass is 10.1. The normalized spacial score (nSPS) is 10.6. The molecule has 2 N–H and O–H groups in total. The third-order valence-corrected chi connectivity index (χ3v) is 3.51. The lowest BCUT2D eigenvalue weighted by molar-refractivity contribution is 0.355. The summed E-state index contributed by atoms with van der Waals surface area (Å²) in [5.41, 5.74) is 1.48. The van der Waals surface area contributed by atoms with Gasteiger partial charge in [0.2, 0.25) is 0 Å². The Morgan fingerprint density at radius 1 is 1.08 bits per heavy atom. The lowest BCUT2D eigenvalue weighted by Crippen LogP contribution is -2.32. The van der Waals surface area contributed by atoms with Gasteiger partial charge < -0.3 is 20.1 Å². The van der Waals surface area contributed by atoms with Crippen molar-refractivity contribution in [2.75, 3.05) is 33.1 Å². The number of hydrogen-bond acceptors (Lipinski definition) is 3. The Morgan fingerprint density at radius 2 is 1.80 bits per heavy atom. The number of rotatable bonds is 6. The van der Waals surface area contributed by atoms with E-state index in [9.17, 15) is 4.39 Å². The SMILES string of the molecule is CN=C(NCCc1ccccc1F)Nc1ccc(OC)c(OC)c1.I. The predicted octanol–water partition coefficient (Wildman–Crippen LogP) is 3.69. The fourth-order valence-electron chi connectivity index (χ4n) is 2.25. The molecular weight excluding hydrogens is 436 g/mol. The van der Waals surface area contributed by atoms with Gasteiger partial charge in [-0.25, -0.2) is 4.39 Å². The van der Waals surface area contributed by atoms with Crippen molar-refractivity contribution in [1.82, 2.24) is 5.32 Å². The van der Waals surface area contributed by atoms with Crippen molar-refractivity contribution in [2.45, 2.75) is 6.42 Å². The smallest absolute Gasteiger partial charge is 0.195 e. The first-order valence-electron chi connectivity index (χ1n) is 7.61. The van der Waals surface area contributed by atoms with E-state index in [1.165, 1.54) is 6.07 Å². The molecule has 0 aliphatic heterocycles. The van der Waals surface area contributed by atoms with Crippen LogP contribution in [0.5, 0.6) is 11.5 Å². The Labute approximate surface area is 164 Å². The molecule has 0 aliphatic carbocycles. The first kappa shape index (κ1) is 21.0.